The van der Waals surface area contributed by atoms with Crippen molar-refractivity contribution in [2.75, 3.05) is 5.32 Å². The zero-order valence-corrected chi connectivity index (χ0v) is 10.5. The zero-order chi connectivity index (χ0) is 13.0. The molecule has 2 rings (SSSR count). The van der Waals surface area contributed by atoms with Gasteiger partial charge in [0.25, 0.3) is 0 Å². The lowest BCUT2D eigenvalue weighted by molar-refractivity contribution is -0.107. The van der Waals surface area contributed by atoms with Crippen molar-refractivity contribution in [3.8, 4) is 0 Å². The van der Waals surface area contributed by atoms with Gasteiger partial charge in [0.15, 0.2) is 0 Å². The smallest absolute Gasteiger partial charge is 0.124 e. The molecule has 1 aliphatic carbocycles. The predicted molar refractivity (Wildman–Crippen MR) is 72.5 cm³/mol. The summed E-state index contributed by atoms with van der Waals surface area (Å²) in [5.74, 6) is 0. The molecule has 3 nitrogen and oxygen atoms in total. The predicted octanol–water partition coefficient (Wildman–Crippen LogP) is 2.61. The van der Waals surface area contributed by atoms with Crippen LogP contribution in [0.25, 0.3) is 0 Å². The molecule has 2 N–H and O–H groups in total. The molecule has 0 spiro atoms. The molecule has 0 heterocycles. The summed E-state index contributed by atoms with van der Waals surface area (Å²) in [6.45, 7) is 0. The first-order chi connectivity index (χ1) is 8.72. The van der Waals surface area contributed by atoms with E-state index in [0.717, 1.165) is 17.5 Å². The highest BCUT2D eigenvalue weighted by molar-refractivity contribution is 6.31. The second kappa shape index (κ2) is 5.85. The molecule has 94 valence electrons. The van der Waals surface area contributed by atoms with Gasteiger partial charge >= 0.3 is 0 Å². The molecule has 0 bridgehead atoms. The molecule has 0 saturated carbocycles. The Morgan fingerprint density at radius 3 is 2.94 bits per heavy atom. The number of aliphatic hydroxyl groups excluding tert-OH is 1. The van der Waals surface area contributed by atoms with Crippen LogP contribution in [0.15, 0.2) is 47.1 Å². The fraction of sp³-hybridized carbons (Fsp3) is 0.214. The summed E-state index contributed by atoms with van der Waals surface area (Å²) in [7, 11) is 0. The molecule has 1 aromatic rings. The van der Waals surface area contributed by atoms with Crippen LogP contribution in [-0.2, 0) is 11.2 Å². The van der Waals surface area contributed by atoms with Crippen LogP contribution in [0.4, 0.5) is 5.69 Å². The van der Waals surface area contributed by atoms with Gasteiger partial charge in [-0.25, -0.2) is 0 Å². The minimum atomic E-state index is -0.633. The van der Waals surface area contributed by atoms with Crippen LogP contribution in [0.1, 0.15) is 12.0 Å². The number of benzene rings is 1. The number of hydrogen-bond donors (Lipinski definition) is 2. The lowest BCUT2D eigenvalue weighted by atomic mass is 10.1. The first-order valence-electron chi connectivity index (χ1n) is 5.75. The van der Waals surface area contributed by atoms with E-state index in [2.05, 4.69) is 5.32 Å². The summed E-state index contributed by atoms with van der Waals surface area (Å²) in [4.78, 5) is 10.6. The maximum atomic E-state index is 10.6. The number of allylic oxidation sites excluding steroid dienone is 2. The Hall–Kier alpha value is -1.58. The van der Waals surface area contributed by atoms with E-state index in [1.54, 1.807) is 6.08 Å². The number of halogens is 1. The van der Waals surface area contributed by atoms with Crippen LogP contribution in [0.2, 0.25) is 0 Å². The second-order valence-corrected chi connectivity index (χ2v) is 4.48. The van der Waals surface area contributed by atoms with Crippen LogP contribution in [0.3, 0.4) is 0 Å². The van der Waals surface area contributed by atoms with Crippen molar-refractivity contribution in [1.29, 1.82) is 0 Å². The molecule has 1 unspecified atom stereocenters. The van der Waals surface area contributed by atoms with E-state index in [1.165, 1.54) is 0 Å². The van der Waals surface area contributed by atoms with Crippen molar-refractivity contribution in [3.63, 3.8) is 0 Å². The number of nitrogens with one attached hydrogen (secondary N) is 1. The minimum absolute atomic E-state index is 0.333. The Morgan fingerprint density at radius 2 is 2.22 bits per heavy atom. The number of anilines is 1. The van der Waals surface area contributed by atoms with E-state index in [1.807, 2.05) is 30.3 Å². The van der Waals surface area contributed by atoms with Gasteiger partial charge in [0, 0.05) is 12.1 Å². The number of carbonyl (C=O) groups excluding carboxylic acids is 1. The number of para-hydroxylation sites is 1. The largest absolute Gasteiger partial charge is 0.387 e. The topological polar surface area (TPSA) is 49.3 Å². The molecule has 18 heavy (non-hydrogen) atoms. The van der Waals surface area contributed by atoms with Crippen molar-refractivity contribution in [3.05, 3.63) is 52.7 Å². The number of aliphatic hydroxyl groups is 1. The van der Waals surface area contributed by atoms with Crippen molar-refractivity contribution in [2.45, 2.75) is 18.9 Å². The Labute approximate surface area is 111 Å². The van der Waals surface area contributed by atoms with Crippen molar-refractivity contribution in [2.24, 2.45) is 0 Å². The van der Waals surface area contributed by atoms with Gasteiger partial charge in [0.05, 0.1) is 16.8 Å². The highest BCUT2D eigenvalue weighted by Gasteiger charge is 2.17. The second-order valence-electron chi connectivity index (χ2n) is 4.07. The lowest BCUT2D eigenvalue weighted by Gasteiger charge is -2.21. The first-order valence-corrected chi connectivity index (χ1v) is 6.13. The van der Waals surface area contributed by atoms with Gasteiger partial charge in [0.1, 0.15) is 6.29 Å². The third kappa shape index (κ3) is 2.81. The number of carbonyl (C=O) groups is 1. The molecule has 1 aliphatic rings. The molecule has 0 aliphatic heterocycles. The number of aldehydes is 1. The Bertz CT molecular complexity index is 508. The van der Waals surface area contributed by atoms with Crippen molar-refractivity contribution < 1.29 is 9.90 Å². The van der Waals surface area contributed by atoms with E-state index in [4.69, 9.17) is 11.6 Å². The van der Waals surface area contributed by atoms with Crippen LogP contribution in [0.5, 0.6) is 0 Å². The average Bonchev–Trinajstić information content (AvgIpc) is 2.36. The van der Waals surface area contributed by atoms with Gasteiger partial charge in [-0.3, -0.25) is 0 Å². The SMILES string of the molecule is O=CCc1ccccc1NC1=C(Cl)C=CCC1O. The van der Waals surface area contributed by atoms with Crippen molar-refractivity contribution in [1.82, 2.24) is 0 Å². The van der Waals surface area contributed by atoms with Crippen LogP contribution < -0.4 is 5.32 Å². The first kappa shape index (κ1) is 12.9. The molecular weight excluding hydrogens is 250 g/mol. The summed E-state index contributed by atoms with van der Waals surface area (Å²) >= 11 is 6.06. The summed E-state index contributed by atoms with van der Waals surface area (Å²) in [6, 6.07) is 7.48. The van der Waals surface area contributed by atoms with Gasteiger partial charge < -0.3 is 15.2 Å². The van der Waals surface area contributed by atoms with Crippen LogP contribution >= 0.6 is 11.6 Å². The van der Waals surface area contributed by atoms with E-state index in [0.29, 0.717) is 23.6 Å². The molecule has 0 saturated heterocycles. The quantitative estimate of drug-likeness (QED) is 0.821. The van der Waals surface area contributed by atoms with Crippen LogP contribution in [0, 0.1) is 0 Å². The molecule has 4 heteroatoms. The fourth-order valence-electron chi connectivity index (χ4n) is 1.87. The number of hydrogen-bond acceptors (Lipinski definition) is 3. The van der Waals surface area contributed by atoms with E-state index in [-0.39, 0.29) is 0 Å². The molecule has 0 fully saturated rings. The van der Waals surface area contributed by atoms with Gasteiger partial charge in [0.2, 0.25) is 0 Å². The normalized spacial score (nSPS) is 18.9. The highest BCUT2D eigenvalue weighted by atomic mass is 35.5. The maximum Gasteiger partial charge on any atom is 0.124 e. The summed E-state index contributed by atoms with van der Waals surface area (Å²) < 4.78 is 0. The monoisotopic (exact) mass is 263 g/mol. The summed E-state index contributed by atoms with van der Waals surface area (Å²) in [5.41, 5.74) is 2.26. The van der Waals surface area contributed by atoms with E-state index >= 15 is 0 Å². The van der Waals surface area contributed by atoms with E-state index in [9.17, 15) is 9.90 Å². The number of rotatable bonds is 4. The standard InChI is InChI=1S/C14H14ClNO2/c15-11-5-3-7-13(18)14(11)16-12-6-2-1-4-10(12)8-9-17/h1-6,9,13,16,18H,7-8H2. The highest BCUT2D eigenvalue weighted by Crippen LogP contribution is 2.26. The Morgan fingerprint density at radius 1 is 1.44 bits per heavy atom. The lowest BCUT2D eigenvalue weighted by Crippen LogP contribution is -2.20. The summed E-state index contributed by atoms with van der Waals surface area (Å²) in [5, 5.41) is 13.5. The third-order valence-corrected chi connectivity index (χ3v) is 3.13. The molecule has 1 aromatic carbocycles. The molecule has 0 radical (unpaired) electrons. The van der Waals surface area contributed by atoms with Gasteiger partial charge in [-0.15, -0.1) is 0 Å². The van der Waals surface area contributed by atoms with Gasteiger partial charge in [-0.05, 0) is 24.1 Å². The molecule has 1 atom stereocenters. The molecule has 0 amide bonds. The molecule has 0 aromatic heterocycles. The molecular formula is C14H14ClNO2. The van der Waals surface area contributed by atoms with Crippen molar-refractivity contribution >= 4 is 23.6 Å². The average molecular weight is 264 g/mol. The zero-order valence-electron chi connectivity index (χ0n) is 9.77. The maximum absolute atomic E-state index is 10.6. The Kier molecular flexibility index (Phi) is 4.18. The van der Waals surface area contributed by atoms with E-state index < -0.39 is 6.10 Å². The van der Waals surface area contributed by atoms with Gasteiger partial charge in [-0.1, -0.05) is 35.9 Å². The van der Waals surface area contributed by atoms with Crippen LogP contribution in [-0.4, -0.2) is 17.5 Å². The summed E-state index contributed by atoms with van der Waals surface area (Å²) in [6.07, 6.45) is 4.68. The Balaban J connectivity index is 2.28. The minimum Gasteiger partial charge on any atom is -0.387 e. The third-order valence-electron chi connectivity index (χ3n) is 2.80. The fourth-order valence-corrected chi connectivity index (χ4v) is 2.13. The van der Waals surface area contributed by atoms with Gasteiger partial charge in [-0.2, -0.15) is 0 Å².